The number of halogens is 1. The van der Waals surface area contributed by atoms with E-state index >= 15 is 0 Å². The van der Waals surface area contributed by atoms with Crippen molar-refractivity contribution in [1.82, 2.24) is 14.6 Å². The summed E-state index contributed by atoms with van der Waals surface area (Å²) in [4.78, 5) is 15.7. The van der Waals surface area contributed by atoms with Crippen LogP contribution in [0.25, 0.3) is 16.9 Å². The highest BCUT2D eigenvalue weighted by molar-refractivity contribution is 5.98. The van der Waals surface area contributed by atoms with Crippen LogP contribution < -0.4 is 5.73 Å². The van der Waals surface area contributed by atoms with Crippen LogP contribution in [0.4, 0.5) is 4.39 Å². The van der Waals surface area contributed by atoms with Gasteiger partial charge in [0.1, 0.15) is 11.4 Å². The molecule has 0 unspecified atom stereocenters. The Balaban J connectivity index is 2.27. The molecule has 20 heavy (non-hydrogen) atoms. The number of amides is 1. The maximum atomic E-state index is 13.3. The Kier molecular flexibility index (Phi) is 2.71. The number of fused-ring (bicyclic) bond motifs is 1. The topological polar surface area (TPSA) is 73.3 Å². The third-order valence-corrected chi connectivity index (χ3v) is 3.04. The molecule has 0 saturated heterocycles. The van der Waals surface area contributed by atoms with Gasteiger partial charge in [-0.05, 0) is 25.1 Å². The van der Waals surface area contributed by atoms with Gasteiger partial charge in [-0.2, -0.15) is 5.10 Å². The molecule has 1 amide bonds. The molecule has 100 valence electrons. The average Bonchev–Trinajstić information content (AvgIpc) is 2.83. The number of nitrogens with zero attached hydrogens (tertiary/aromatic N) is 3. The zero-order valence-electron chi connectivity index (χ0n) is 10.7. The first-order chi connectivity index (χ1) is 9.56. The molecular formula is C14H11FN4O. The highest BCUT2D eigenvalue weighted by Crippen LogP contribution is 2.21. The Morgan fingerprint density at radius 2 is 2.15 bits per heavy atom. The highest BCUT2D eigenvalue weighted by Gasteiger charge is 2.14. The first-order valence-corrected chi connectivity index (χ1v) is 5.97. The fraction of sp³-hybridized carbons (Fsp3) is 0.0714. The molecule has 0 fully saturated rings. The first kappa shape index (κ1) is 12.3. The lowest BCUT2D eigenvalue weighted by Crippen LogP contribution is -2.11. The second kappa shape index (κ2) is 4.41. The largest absolute Gasteiger partial charge is 0.365 e. The van der Waals surface area contributed by atoms with E-state index in [1.807, 2.05) is 6.92 Å². The third kappa shape index (κ3) is 1.91. The van der Waals surface area contributed by atoms with Crippen molar-refractivity contribution < 1.29 is 9.18 Å². The van der Waals surface area contributed by atoms with Crippen LogP contribution in [0.1, 0.15) is 16.1 Å². The van der Waals surface area contributed by atoms with Gasteiger partial charge in [0.25, 0.3) is 5.91 Å². The number of rotatable bonds is 2. The molecule has 0 saturated carbocycles. The second-order valence-electron chi connectivity index (χ2n) is 4.45. The molecule has 0 aliphatic carbocycles. The Morgan fingerprint density at radius 1 is 1.35 bits per heavy atom. The zero-order valence-corrected chi connectivity index (χ0v) is 10.7. The maximum Gasteiger partial charge on any atom is 0.254 e. The normalized spacial score (nSPS) is 10.9. The summed E-state index contributed by atoms with van der Waals surface area (Å²) in [7, 11) is 0. The van der Waals surface area contributed by atoms with Crippen molar-refractivity contribution in [1.29, 1.82) is 0 Å². The van der Waals surface area contributed by atoms with E-state index in [4.69, 9.17) is 5.73 Å². The smallest absolute Gasteiger partial charge is 0.254 e. The number of carbonyl (C=O) groups is 1. The molecule has 0 atom stereocenters. The van der Waals surface area contributed by atoms with Gasteiger partial charge in [0, 0.05) is 11.3 Å². The molecule has 0 aliphatic rings. The van der Waals surface area contributed by atoms with Crippen molar-refractivity contribution in [3.05, 3.63) is 53.6 Å². The van der Waals surface area contributed by atoms with Crippen LogP contribution in [-0.2, 0) is 0 Å². The number of primary amides is 1. The molecule has 0 spiro atoms. The van der Waals surface area contributed by atoms with Gasteiger partial charge in [0.05, 0.1) is 11.9 Å². The maximum absolute atomic E-state index is 13.3. The van der Waals surface area contributed by atoms with E-state index in [0.717, 1.165) is 5.69 Å². The molecule has 5 nitrogen and oxygen atoms in total. The predicted octanol–water partition coefficient (Wildman–Crippen LogP) is 1.94. The number of benzene rings is 1. The van der Waals surface area contributed by atoms with Gasteiger partial charge >= 0.3 is 0 Å². The van der Waals surface area contributed by atoms with Crippen molar-refractivity contribution in [3.63, 3.8) is 0 Å². The molecule has 1 aromatic carbocycles. The second-order valence-corrected chi connectivity index (χ2v) is 4.45. The first-order valence-electron chi connectivity index (χ1n) is 5.97. The molecule has 3 aromatic rings. The lowest BCUT2D eigenvalue weighted by Gasteiger charge is -2.05. The van der Waals surface area contributed by atoms with E-state index in [1.165, 1.54) is 22.8 Å². The van der Waals surface area contributed by atoms with Gasteiger partial charge in [-0.3, -0.25) is 4.79 Å². The van der Waals surface area contributed by atoms with Gasteiger partial charge in [-0.15, -0.1) is 0 Å². The molecule has 2 aromatic heterocycles. The Labute approximate surface area is 113 Å². The van der Waals surface area contributed by atoms with E-state index in [2.05, 4.69) is 10.1 Å². The van der Waals surface area contributed by atoms with Crippen molar-refractivity contribution >= 4 is 11.6 Å². The van der Waals surface area contributed by atoms with E-state index < -0.39 is 5.91 Å². The zero-order chi connectivity index (χ0) is 14.3. The van der Waals surface area contributed by atoms with E-state index in [9.17, 15) is 9.18 Å². The summed E-state index contributed by atoms with van der Waals surface area (Å²) in [6.07, 6.45) is 1.38. The summed E-state index contributed by atoms with van der Waals surface area (Å²) in [6.45, 7) is 1.83. The minimum atomic E-state index is -0.594. The SMILES string of the molecule is Cc1cc(-c2cccc(F)c2)nc2c(C(N)=O)cnn12. The minimum absolute atomic E-state index is 0.242. The highest BCUT2D eigenvalue weighted by atomic mass is 19.1. The van der Waals surface area contributed by atoms with Gasteiger partial charge in [-0.25, -0.2) is 13.9 Å². The Hall–Kier alpha value is -2.76. The van der Waals surface area contributed by atoms with Gasteiger partial charge in [0.2, 0.25) is 0 Å². The number of hydrogen-bond acceptors (Lipinski definition) is 3. The number of aryl methyl sites for hydroxylation is 1. The molecule has 0 radical (unpaired) electrons. The van der Waals surface area contributed by atoms with Gasteiger partial charge in [0.15, 0.2) is 5.65 Å². The summed E-state index contributed by atoms with van der Waals surface area (Å²) in [6, 6.07) is 7.89. The Morgan fingerprint density at radius 3 is 2.85 bits per heavy atom. The third-order valence-electron chi connectivity index (χ3n) is 3.04. The van der Waals surface area contributed by atoms with E-state index in [0.29, 0.717) is 16.9 Å². The van der Waals surface area contributed by atoms with Crippen LogP contribution in [-0.4, -0.2) is 20.5 Å². The summed E-state index contributed by atoms with van der Waals surface area (Å²) in [5.41, 5.74) is 7.89. The quantitative estimate of drug-likeness (QED) is 0.773. The molecule has 6 heteroatoms. The van der Waals surface area contributed by atoms with E-state index in [1.54, 1.807) is 18.2 Å². The molecule has 0 bridgehead atoms. The van der Waals surface area contributed by atoms with Crippen LogP contribution in [0.5, 0.6) is 0 Å². The average molecular weight is 270 g/mol. The minimum Gasteiger partial charge on any atom is -0.365 e. The number of hydrogen-bond donors (Lipinski definition) is 1. The number of aromatic nitrogens is 3. The molecular weight excluding hydrogens is 259 g/mol. The number of nitrogens with two attached hydrogens (primary N) is 1. The fourth-order valence-corrected chi connectivity index (χ4v) is 2.08. The van der Waals surface area contributed by atoms with Crippen molar-refractivity contribution in [2.24, 2.45) is 5.73 Å². The standard InChI is InChI=1S/C14H11FN4O/c1-8-5-12(9-3-2-4-10(15)6-9)18-14-11(13(16)20)7-17-19(8)14/h2-7H,1H3,(H2,16,20). The molecule has 0 aliphatic heterocycles. The van der Waals surface area contributed by atoms with E-state index in [-0.39, 0.29) is 11.4 Å². The van der Waals surface area contributed by atoms with Crippen LogP contribution >= 0.6 is 0 Å². The lowest BCUT2D eigenvalue weighted by atomic mass is 10.1. The van der Waals surface area contributed by atoms with Crippen molar-refractivity contribution in [2.75, 3.05) is 0 Å². The summed E-state index contributed by atoms with van der Waals surface area (Å²) in [5, 5.41) is 4.07. The van der Waals surface area contributed by atoms with Crippen LogP contribution in [0.2, 0.25) is 0 Å². The molecule has 2 heterocycles. The lowest BCUT2D eigenvalue weighted by molar-refractivity contribution is 0.100. The van der Waals surface area contributed by atoms with Gasteiger partial charge < -0.3 is 5.73 Å². The predicted molar refractivity (Wildman–Crippen MR) is 71.6 cm³/mol. The molecule has 3 rings (SSSR count). The van der Waals surface area contributed by atoms with Crippen LogP contribution in [0.3, 0.4) is 0 Å². The van der Waals surface area contributed by atoms with Crippen LogP contribution in [0, 0.1) is 12.7 Å². The van der Waals surface area contributed by atoms with Crippen LogP contribution in [0.15, 0.2) is 36.5 Å². The summed E-state index contributed by atoms with van der Waals surface area (Å²) >= 11 is 0. The number of carbonyl (C=O) groups excluding carboxylic acids is 1. The Bertz CT molecular complexity index is 825. The fourth-order valence-electron chi connectivity index (χ4n) is 2.08. The van der Waals surface area contributed by atoms with Crippen molar-refractivity contribution in [3.8, 4) is 11.3 Å². The van der Waals surface area contributed by atoms with Gasteiger partial charge in [-0.1, -0.05) is 12.1 Å². The summed E-state index contributed by atoms with van der Waals surface area (Å²) in [5.74, 6) is -0.936. The summed E-state index contributed by atoms with van der Waals surface area (Å²) < 4.78 is 14.8. The monoisotopic (exact) mass is 270 g/mol. The molecule has 2 N–H and O–H groups in total. The van der Waals surface area contributed by atoms with Crippen molar-refractivity contribution in [2.45, 2.75) is 6.92 Å².